The van der Waals surface area contributed by atoms with Gasteiger partial charge in [0.25, 0.3) is 0 Å². The monoisotopic (exact) mass is 275 g/mol. The predicted octanol–water partition coefficient (Wildman–Crippen LogP) is 3.97. The molecule has 0 fully saturated rings. The number of benzene rings is 2. The lowest BCUT2D eigenvalue weighted by Crippen LogP contribution is -2.03. The van der Waals surface area contributed by atoms with Crippen molar-refractivity contribution in [3.63, 3.8) is 0 Å². The average molecular weight is 276 g/mol. The highest BCUT2D eigenvalue weighted by Crippen LogP contribution is 2.20. The van der Waals surface area contributed by atoms with Gasteiger partial charge in [-0.2, -0.15) is 5.26 Å². The minimum atomic E-state index is -0.563. The zero-order valence-corrected chi connectivity index (χ0v) is 10.8. The van der Waals surface area contributed by atoms with Crippen molar-refractivity contribution in [2.45, 2.75) is 6.42 Å². The second-order valence-corrected chi connectivity index (χ2v) is 4.39. The van der Waals surface area contributed by atoms with Gasteiger partial charge in [-0.3, -0.25) is 0 Å². The maximum absolute atomic E-state index is 13.3. The first kappa shape index (κ1) is 13.4. The summed E-state index contributed by atoms with van der Waals surface area (Å²) in [4.78, 5) is 0. The van der Waals surface area contributed by atoms with E-state index in [1.54, 1.807) is 24.3 Å². The second-order valence-electron chi connectivity index (χ2n) is 3.95. The van der Waals surface area contributed by atoms with Crippen LogP contribution in [0.5, 0.6) is 5.75 Å². The molecule has 0 saturated carbocycles. The summed E-state index contributed by atoms with van der Waals surface area (Å²) in [5.41, 5.74) is 1.01. The molecular formula is C15H11ClFNO. The van der Waals surface area contributed by atoms with E-state index in [2.05, 4.69) is 0 Å². The van der Waals surface area contributed by atoms with Crippen molar-refractivity contribution in [1.82, 2.24) is 0 Å². The molecular weight excluding hydrogens is 265 g/mol. The fourth-order valence-corrected chi connectivity index (χ4v) is 1.79. The Morgan fingerprint density at radius 3 is 2.58 bits per heavy atom. The molecule has 0 aliphatic heterocycles. The van der Waals surface area contributed by atoms with Crippen LogP contribution in [0.1, 0.15) is 11.1 Å². The van der Waals surface area contributed by atoms with Crippen molar-refractivity contribution in [3.8, 4) is 11.8 Å². The van der Waals surface area contributed by atoms with Crippen molar-refractivity contribution in [1.29, 1.82) is 5.26 Å². The summed E-state index contributed by atoms with van der Waals surface area (Å²) in [5, 5.41) is 9.54. The van der Waals surface area contributed by atoms with Crippen LogP contribution in [0.15, 0.2) is 42.5 Å². The van der Waals surface area contributed by atoms with E-state index in [1.165, 1.54) is 12.1 Å². The molecule has 0 aliphatic rings. The smallest absolute Gasteiger partial charge is 0.144 e. The number of nitrogens with zero attached hydrogens (tertiary/aromatic N) is 1. The van der Waals surface area contributed by atoms with Gasteiger partial charge < -0.3 is 4.74 Å². The van der Waals surface area contributed by atoms with Crippen molar-refractivity contribution >= 4 is 11.6 Å². The first-order chi connectivity index (χ1) is 9.20. The molecule has 96 valence electrons. The zero-order chi connectivity index (χ0) is 13.7. The van der Waals surface area contributed by atoms with Gasteiger partial charge in [0.2, 0.25) is 0 Å². The third-order valence-electron chi connectivity index (χ3n) is 2.65. The van der Waals surface area contributed by atoms with Crippen LogP contribution in [0.25, 0.3) is 0 Å². The number of ether oxygens (including phenoxy) is 1. The summed E-state index contributed by atoms with van der Waals surface area (Å²) in [7, 11) is 0. The van der Waals surface area contributed by atoms with Crippen LogP contribution in [0, 0.1) is 17.1 Å². The van der Waals surface area contributed by atoms with E-state index in [0.29, 0.717) is 18.1 Å². The van der Waals surface area contributed by atoms with Crippen LogP contribution in [-0.2, 0) is 6.42 Å². The van der Waals surface area contributed by atoms with Gasteiger partial charge in [0, 0.05) is 11.4 Å². The minimum absolute atomic E-state index is 0.0568. The van der Waals surface area contributed by atoms with E-state index in [4.69, 9.17) is 21.6 Å². The normalized spacial score (nSPS) is 9.95. The number of rotatable bonds is 4. The third kappa shape index (κ3) is 3.46. The molecule has 0 spiro atoms. The molecule has 2 aromatic carbocycles. The number of hydrogen-bond donors (Lipinski definition) is 0. The molecule has 0 saturated heterocycles. The Bertz CT molecular complexity index is 605. The molecule has 0 amide bonds. The van der Waals surface area contributed by atoms with E-state index < -0.39 is 5.82 Å². The van der Waals surface area contributed by atoms with Gasteiger partial charge in [-0.05, 0) is 29.8 Å². The zero-order valence-electron chi connectivity index (χ0n) is 10.1. The summed E-state index contributed by atoms with van der Waals surface area (Å²) in [6.45, 7) is 0.375. The SMILES string of the molecule is N#Cc1c(F)cccc1OCCc1ccc(Cl)cc1. The van der Waals surface area contributed by atoms with E-state index >= 15 is 0 Å². The molecule has 19 heavy (non-hydrogen) atoms. The fraction of sp³-hybridized carbons (Fsp3) is 0.133. The van der Waals surface area contributed by atoms with E-state index in [-0.39, 0.29) is 11.3 Å². The van der Waals surface area contributed by atoms with Crippen LogP contribution in [0.3, 0.4) is 0 Å². The van der Waals surface area contributed by atoms with Crippen LogP contribution in [-0.4, -0.2) is 6.61 Å². The summed E-state index contributed by atoms with van der Waals surface area (Å²) < 4.78 is 18.8. The van der Waals surface area contributed by atoms with E-state index in [0.717, 1.165) is 5.56 Å². The highest BCUT2D eigenvalue weighted by Gasteiger charge is 2.08. The molecule has 0 heterocycles. The lowest BCUT2D eigenvalue weighted by molar-refractivity contribution is 0.319. The van der Waals surface area contributed by atoms with Gasteiger partial charge in [0.05, 0.1) is 6.61 Å². The molecule has 2 rings (SSSR count). The van der Waals surface area contributed by atoms with Gasteiger partial charge in [0.1, 0.15) is 23.2 Å². The Morgan fingerprint density at radius 2 is 1.89 bits per heavy atom. The molecule has 0 radical (unpaired) electrons. The lowest BCUT2D eigenvalue weighted by atomic mass is 10.1. The highest BCUT2D eigenvalue weighted by atomic mass is 35.5. The van der Waals surface area contributed by atoms with Crippen LogP contribution in [0.2, 0.25) is 5.02 Å². The Labute approximate surface area is 116 Å². The minimum Gasteiger partial charge on any atom is -0.492 e. The Balaban J connectivity index is 1.98. The largest absolute Gasteiger partial charge is 0.492 e. The van der Waals surface area contributed by atoms with Gasteiger partial charge in [-0.25, -0.2) is 4.39 Å². The summed E-state index contributed by atoms with van der Waals surface area (Å²) >= 11 is 5.79. The molecule has 2 aromatic rings. The second kappa shape index (κ2) is 6.21. The summed E-state index contributed by atoms with van der Waals surface area (Å²) in [6, 6.07) is 13.6. The van der Waals surface area contributed by atoms with Gasteiger partial charge >= 0.3 is 0 Å². The van der Waals surface area contributed by atoms with Crippen LogP contribution in [0.4, 0.5) is 4.39 Å². The Hall–Kier alpha value is -2.05. The Kier molecular flexibility index (Phi) is 4.38. The molecule has 0 aromatic heterocycles. The molecule has 0 N–H and O–H groups in total. The molecule has 2 nitrogen and oxygen atoms in total. The Morgan fingerprint density at radius 1 is 1.16 bits per heavy atom. The van der Waals surface area contributed by atoms with E-state index in [9.17, 15) is 4.39 Å². The fourth-order valence-electron chi connectivity index (χ4n) is 1.66. The van der Waals surface area contributed by atoms with Crippen molar-refractivity contribution in [2.75, 3.05) is 6.61 Å². The van der Waals surface area contributed by atoms with Gasteiger partial charge in [-0.15, -0.1) is 0 Å². The quantitative estimate of drug-likeness (QED) is 0.846. The van der Waals surface area contributed by atoms with Crippen LogP contribution < -0.4 is 4.74 Å². The van der Waals surface area contributed by atoms with Crippen molar-refractivity contribution < 1.29 is 9.13 Å². The number of nitriles is 1. The molecule has 0 atom stereocenters. The van der Waals surface area contributed by atoms with Crippen molar-refractivity contribution in [2.24, 2.45) is 0 Å². The van der Waals surface area contributed by atoms with Gasteiger partial charge in [-0.1, -0.05) is 29.8 Å². The lowest BCUT2D eigenvalue weighted by Gasteiger charge is -2.08. The standard InChI is InChI=1S/C15H11ClFNO/c16-12-6-4-11(5-7-12)8-9-19-15-3-1-2-14(17)13(15)10-18/h1-7H,8-9H2. The van der Waals surface area contributed by atoms with E-state index in [1.807, 2.05) is 12.1 Å². The summed E-state index contributed by atoms with van der Waals surface area (Å²) in [5.74, 6) is -0.289. The maximum atomic E-state index is 13.3. The topological polar surface area (TPSA) is 33.0 Å². The first-order valence-electron chi connectivity index (χ1n) is 5.76. The molecule has 0 unspecified atom stereocenters. The number of hydrogen-bond acceptors (Lipinski definition) is 2. The average Bonchev–Trinajstić information content (AvgIpc) is 2.41. The first-order valence-corrected chi connectivity index (χ1v) is 6.14. The maximum Gasteiger partial charge on any atom is 0.144 e. The third-order valence-corrected chi connectivity index (χ3v) is 2.90. The highest BCUT2D eigenvalue weighted by molar-refractivity contribution is 6.30. The van der Waals surface area contributed by atoms with Crippen LogP contribution >= 0.6 is 11.6 Å². The molecule has 0 bridgehead atoms. The predicted molar refractivity (Wildman–Crippen MR) is 71.8 cm³/mol. The number of halogens is 2. The molecule has 4 heteroatoms. The summed E-state index contributed by atoms with van der Waals surface area (Å²) in [6.07, 6.45) is 0.665. The van der Waals surface area contributed by atoms with Crippen molar-refractivity contribution in [3.05, 3.63) is 64.4 Å². The molecule has 0 aliphatic carbocycles. The van der Waals surface area contributed by atoms with Gasteiger partial charge in [0.15, 0.2) is 0 Å².